The zero-order valence-corrected chi connectivity index (χ0v) is 14.0. The summed E-state index contributed by atoms with van der Waals surface area (Å²) in [6.07, 6.45) is 1.73. The van der Waals surface area contributed by atoms with E-state index in [4.69, 9.17) is 4.42 Å². The highest BCUT2D eigenvalue weighted by Crippen LogP contribution is 2.19. The average molecular weight is 337 g/mol. The van der Waals surface area contributed by atoms with Crippen molar-refractivity contribution in [3.63, 3.8) is 0 Å². The Kier molecular flexibility index (Phi) is 5.44. The minimum atomic E-state index is -0.573. The number of piperidine rings is 1. The van der Waals surface area contributed by atoms with Crippen molar-refractivity contribution in [1.82, 2.24) is 10.6 Å². The summed E-state index contributed by atoms with van der Waals surface area (Å²) in [5.41, 5.74) is 0.726. The SMILES string of the molecule is Cc1c(C(=O)NC2CCNC(C)C2)c(=O)oc2ccccc12.Cl. The fourth-order valence-electron chi connectivity index (χ4n) is 3.09. The summed E-state index contributed by atoms with van der Waals surface area (Å²) in [6.45, 7) is 4.75. The lowest BCUT2D eigenvalue weighted by Gasteiger charge is -2.28. The highest BCUT2D eigenvalue weighted by molar-refractivity contribution is 5.99. The maximum Gasteiger partial charge on any atom is 0.349 e. The van der Waals surface area contributed by atoms with E-state index in [9.17, 15) is 9.59 Å². The van der Waals surface area contributed by atoms with Gasteiger partial charge in [0.2, 0.25) is 0 Å². The zero-order chi connectivity index (χ0) is 15.7. The minimum Gasteiger partial charge on any atom is -0.422 e. The lowest BCUT2D eigenvalue weighted by atomic mass is 9.99. The fourth-order valence-corrected chi connectivity index (χ4v) is 3.09. The first kappa shape index (κ1) is 17.5. The number of nitrogens with one attached hydrogen (secondary N) is 2. The number of para-hydroxylation sites is 1. The van der Waals surface area contributed by atoms with Gasteiger partial charge in [0.1, 0.15) is 11.1 Å². The van der Waals surface area contributed by atoms with E-state index in [2.05, 4.69) is 17.6 Å². The third-order valence-corrected chi connectivity index (χ3v) is 4.26. The van der Waals surface area contributed by atoms with Crippen molar-refractivity contribution in [1.29, 1.82) is 0 Å². The quantitative estimate of drug-likeness (QED) is 0.826. The molecule has 124 valence electrons. The molecule has 1 aromatic heterocycles. The monoisotopic (exact) mass is 336 g/mol. The molecule has 1 aliphatic rings. The van der Waals surface area contributed by atoms with E-state index in [1.807, 2.05) is 12.1 Å². The van der Waals surface area contributed by atoms with Crippen LogP contribution in [0.5, 0.6) is 0 Å². The largest absolute Gasteiger partial charge is 0.422 e. The number of hydrogen-bond donors (Lipinski definition) is 2. The van der Waals surface area contributed by atoms with Crippen molar-refractivity contribution in [2.75, 3.05) is 6.54 Å². The summed E-state index contributed by atoms with van der Waals surface area (Å²) in [4.78, 5) is 24.7. The standard InChI is InChI=1S/C17H20N2O3.ClH/c1-10-9-12(7-8-18-10)19-16(20)15-11(2)13-5-3-4-6-14(13)22-17(15)21;/h3-6,10,12,18H,7-9H2,1-2H3,(H,19,20);1H. The van der Waals surface area contributed by atoms with Crippen LogP contribution >= 0.6 is 12.4 Å². The van der Waals surface area contributed by atoms with Gasteiger partial charge in [0.05, 0.1) is 0 Å². The Labute approximate surface area is 140 Å². The molecule has 0 radical (unpaired) electrons. The minimum absolute atomic E-state index is 0. The molecule has 5 nitrogen and oxygen atoms in total. The number of aryl methyl sites for hydroxylation is 1. The number of carbonyl (C=O) groups is 1. The molecule has 3 rings (SSSR count). The molecule has 2 N–H and O–H groups in total. The molecule has 6 heteroatoms. The van der Waals surface area contributed by atoms with Gasteiger partial charge in [-0.25, -0.2) is 4.79 Å². The van der Waals surface area contributed by atoms with E-state index in [1.54, 1.807) is 19.1 Å². The van der Waals surface area contributed by atoms with Crippen LogP contribution < -0.4 is 16.3 Å². The average Bonchev–Trinajstić information content (AvgIpc) is 2.47. The Morgan fingerprint density at radius 1 is 1.35 bits per heavy atom. The van der Waals surface area contributed by atoms with Crippen LogP contribution in [0, 0.1) is 6.92 Å². The predicted octanol–water partition coefficient (Wildman–Crippen LogP) is 2.39. The summed E-state index contributed by atoms with van der Waals surface area (Å²) in [5, 5.41) is 7.11. The van der Waals surface area contributed by atoms with E-state index >= 15 is 0 Å². The molecule has 23 heavy (non-hydrogen) atoms. The summed E-state index contributed by atoms with van der Waals surface area (Å²) < 4.78 is 5.28. The Balaban J connectivity index is 0.00000192. The zero-order valence-electron chi connectivity index (χ0n) is 13.2. The Morgan fingerprint density at radius 2 is 2.09 bits per heavy atom. The maximum atomic E-state index is 12.5. The summed E-state index contributed by atoms with van der Waals surface area (Å²) in [7, 11) is 0. The molecule has 2 unspecified atom stereocenters. The Morgan fingerprint density at radius 3 is 2.83 bits per heavy atom. The van der Waals surface area contributed by atoms with E-state index in [0.29, 0.717) is 17.2 Å². The molecule has 0 spiro atoms. The van der Waals surface area contributed by atoms with Crippen molar-refractivity contribution < 1.29 is 9.21 Å². The van der Waals surface area contributed by atoms with Crippen LogP contribution in [0.1, 0.15) is 35.7 Å². The van der Waals surface area contributed by atoms with Crippen molar-refractivity contribution in [3.05, 3.63) is 45.8 Å². The van der Waals surface area contributed by atoms with Gasteiger partial charge in [-0.05, 0) is 44.9 Å². The third kappa shape index (κ3) is 3.57. The van der Waals surface area contributed by atoms with Crippen LogP contribution in [0.2, 0.25) is 0 Å². The normalized spacial score (nSPS) is 20.8. The van der Waals surface area contributed by atoms with Crippen LogP contribution in [0.25, 0.3) is 11.0 Å². The molecule has 0 saturated carbocycles. The first-order valence-electron chi connectivity index (χ1n) is 7.63. The topological polar surface area (TPSA) is 71.3 Å². The smallest absolute Gasteiger partial charge is 0.349 e. The van der Waals surface area contributed by atoms with Gasteiger partial charge in [0.25, 0.3) is 5.91 Å². The fraction of sp³-hybridized carbons (Fsp3) is 0.412. The molecule has 2 aromatic rings. The van der Waals surface area contributed by atoms with Crippen molar-refractivity contribution in [2.24, 2.45) is 0 Å². The number of carbonyl (C=O) groups excluding carboxylic acids is 1. The van der Waals surface area contributed by atoms with Crippen molar-refractivity contribution in [3.8, 4) is 0 Å². The summed E-state index contributed by atoms with van der Waals surface area (Å²) in [5.74, 6) is -0.337. The van der Waals surface area contributed by atoms with Gasteiger partial charge in [-0.2, -0.15) is 0 Å². The van der Waals surface area contributed by atoms with Crippen molar-refractivity contribution in [2.45, 2.75) is 38.8 Å². The maximum absolute atomic E-state index is 12.5. The van der Waals surface area contributed by atoms with Gasteiger partial charge in [0.15, 0.2) is 0 Å². The van der Waals surface area contributed by atoms with Crippen LogP contribution in [0.3, 0.4) is 0 Å². The molecule has 0 bridgehead atoms. The van der Waals surface area contributed by atoms with Gasteiger partial charge in [0, 0.05) is 17.5 Å². The van der Waals surface area contributed by atoms with E-state index in [-0.39, 0.29) is 29.9 Å². The van der Waals surface area contributed by atoms with E-state index < -0.39 is 5.63 Å². The lowest BCUT2D eigenvalue weighted by Crippen LogP contribution is -2.47. The molecule has 1 saturated heterocycles. The summed E-state index contributed by atoms with van der Waals surface area (Å²) >= 11 is 0. The van der Waals surface area contributed by atoms with Gasteiger partial charge in [-0.3, -0.25) is 4.79 Å². The van der Waals surface area contributed by atoms with E-state index in [1.165, 1.54) is 0 Å². The summed E-state index contributed by atoms with van der Waals surface area (Å²) in [6, 6.07) is 7.73. The molecule has 2 atom stereocenters. The number of halogens is 1. The Hall–Kier alpha value is -1.85. The molecule has 1 aromatic carbocycles. The molecule has 0 aliphatic carbocycles. The lowest BCUT2D eigenvalue weighted by molar-refractivity contribution is 0.0921. The number of amides is 1. The van der Waals surface area contributed by atoms with Crippen LogP contribution in [0.15, 0.2) is 33.5 Å². The van der Waals surface area contributed by atoms with Gasteiger partial charge in [-0.1, -0.05) is 18.2 Å². The van der Waals surface area contributed by atoms with Gasteiger partial charge >= 0.3 is 5.63 Å². The first-order chi connectivity index (χ1) is 10.6. The van der Waals surface area contributed by atoms with Crippen LogP contribution in [-0.4, -0.2) is 24.5 Å². The highest BCUT2D eigenvalue weighted by Gasteiger charge is 2.24. The van der Waals surface area contributed by atoms with Crippen LogP contribution in [0.4, 0.5) is 0 Å². The molecular weight excluding hydrogens is 316 g/mol. The second-order valence-corrected chi connectivity index (χ2v) is 5.94. The van der Waals surface area contributed by atoms with E-state index in [0.717, 1.165) is 24.8 Å². The second-order valence-electron chi connectivity index (χ2n) is 5.94. The Bertz CT molecular complexity index is 772. The highest BCUT2D eigenvalue weighted by atomic mass is 35.5. The molecule has 1 aliphatic heterocycles. The molecule has 1 amide bonds. The van der Waals surface area contributed by atoms with Crippen LogP contribution in [-0.2, 0) is 0 Å². The number of rotatable bonds is 2. The molecule has 1 fully saturated rings. The molecule has 2 heterocycles. The van der Waals surface area contributed by atoms with Gasteiger partial charge in [-0.15, -0.1) is 12.4 Å². The first-order valence-corrected chi connectivity index (χ1v) is 7.63. The molecular formula is C17H21ClN2O3. The number of fused-ring (bicyclic) bond motifs is 1. The number of benzene rings is 1. The number of hydrogen-bond acceptors (Lipinski definition) is 4. The van der Waals surface area contributed by atoms with Gasteiger partial charge < -0.3 is 15.1 Å². The van der Waals surface area contributed by atoms with Crippen molar-refractivity contribution >= 4 is 29.3 Å². The predicted molar refractivity (Wildman–Crippen MR) is 92.4 cm³/mol. The third-order valence-electron chi connectivity index (χ3n) is 4.26. The second kappa shape index (κ2) is 7.15.